The molecule has 1 aliphatic rings. The fraction of sp³-hybridized carbons (Fsp3) is 0.292. The maximum absolute atomic E-state index is 13.3. The summed E-state index contributed by atoms with van der Waals surface area (Å²) < 4.78 is 0. The lowest BCUT2D eigenvalue weighted by Gasteiger charge is -2.33. The number of hydrogen-bond donors (Lipinski definition) is 1. The molecule has 1 N–H and O–H groups in total. The molecule has 4 aromatic rings. The largest absolute Gasteiger partial charge is 0.338 e. The Morgan fingerprint density at radius 3 is 2.65 bits per heavy atom. The van der Waals surface area contributed by atoms with Crippen LogP contribution in [-0.2, 0) is 0 Å². The molecular formula is C24H24N6O. The van der Waals surface area contributed by atoms with Gasteiger partial charge in [-0.2, -0.15) is 5.10 Å². The van der Waals surface area contributed by atoms with E-state index in [1.165, 1.54) is 0 Å². The van der Waals surface area contributed by atoms with Gasteiger partial charge in [-0.3, -0.25) is 14.9 Å². The number of H-pyrrole nitrogens is 1. The molecule has 31 heavy (non-hydrogen) atoms. The number of fused-ring (bicyclic) bond motifs is 1. The van der Waals surface area contributed by atoms with Crippen molar-refractivity contribution < 1.29 is 4.79 Å². The van der Waals surface area contributed by atoms with Crippen LogP contribution in [0.5, 0.6) is 0 Å². The number of piperidine rings is 1. The maximum Gasteiger partial charge on any atom is 0.253 e. The minimum absolute atomic E-state index is 0.0385. The van der Waals surface area contributed by atoms with Gasteiger partial charge in [-0.25, -0.2) is 9.97 Å². The third kappa shape index (κ3) is 3.67. The standard InChI is InChI=1S/C24H24N6O/c1-15-16(2)28-22-12-18(5-6-21(22)27-15)24(31)30-11-3-4-19(14-30)23-20(13-26-29-23)17-7-9-25-10-8-17/h5-10,12-13,19H,3-4,11,14H2,1-2H3,(H,26,29). The van der Waals surface area contributed by atoms with Crippen LogP contribution in [0, 0.1) is 13.8 Å². The Hall–Kier alpha value is -3.61. The second kappa shape index (κ2) is 7.91. The number of hydrogen-bond acceptors (Lipinski definition) is 5. The van der Waals surface area contributed by atoms with E-state index in [1.807, 2.05) is 55.3 Å². The van der Waals surface area contributed by atoms with Crippen molar-refractivity contribution in [3.05, 3.63) is 71.6 Å². The lowest BCUT2D eigenvalue weighted by Crippen LogP contribution is -2.39. The third-order valence-corrected chi connectivity index (χ3v) is 6.10. The summed E-state index contributed by atoms with van der Waals surface area (Å²) in [5.74, 6) is 0.255. The number of likely N-dealkylation sites (tertiary alicyclic amines) is 1. The lowest BCUT2D eigenvalue weighted by molar-refractivity contribution is 0.0706. The number of pyridine rings is 1. The van der Waals surface area contributed by atoms with Crippen molar-refractivity contribution >= 4 is 16.9 Å². The average molecular weight is 412 g/mol. The minimum Gasteiger partial charge on any atom is -0.338 e. The Bertz CT molecular complexity index is 1250. The number of aromatic amines is 1. The van der Waals surface area contributed by atoms with Crippen molar-refractivity contribution in [1.82, 2.24) is 30.0 Å². The van der Waals surface area contributed by atoms with Gasteiger partial charge in [-0.05, 0) is 62.6 Å². The van der Waals surface area contributed by atoms with Crippen molar-refractivity contribution in [2.45, 2.75) is 32.6 Å². The highest BCUT2D eigenvalue weighted by Crippen LogP contribution is 2.33. The minimum atomic E-state index is 0.0385. The van der Waals surface area contributed by atoms with Crippen molar-refractivity contribution in [3.63, 3.8) is 0 Å². The highest BCUT2D eigenvalue weighted by Gasteiger charge is 2.28. The van der Waals surface area contributed by atoms with E-state index in [0.717, 1.165) is 58.6 Å². The summed E-state index contributed by atoms with van der Waals surface area (Å²) in [6, 6.07) is 9.58. The first-order chi connectivity index (χ1) is 15.1. The molecule has 3 aromatic heterocycles. The molecule has 1 atom stereocenters. The predicted molar refractivity (Wildman–Crippen MR) is 119 cm³/mol. The fourth-order valence-electron chi connectivity index (χ4n) is 4.31. The summed E-state index contributed by atoms with van der Waals surface area (Å²) >= 11 is 0. The number of carbonyl (C=O) groups excluding carboxylic acids is 1. The first-order valence-electron chi connectivity index (χ1n) is 10.6. The quantitative estimate of drug-likeness (QED) is 0.548. The molecule has 156 valence electrons. The van der Waals surface area contributed by atoms with Crippen molar-refractivity contribution in [2.75, 3.05) is 13.1 Å². The number of amides is 1. The molecule has 7 heteroatoms. The van der Waals surface area contributed by atoms with Gasteiger partial charge in [0.2, 0.25) is 0 Å². The number of nitrogens with zero attached hydrogens (tertiary/aromatic N) is 5. The number of aromatic nitrogens is 5. The van der Waals surface area contributed by atoms with Crippen LogP contribution >= 0.6 is 0 Å². The molecule has 0 spiro atoms. The molecule has 0 radical (unpaired) electrons. The molecule has 1 saturated heterocycles. The number of aryl methyl sites for hydroxylation is 2. The second-order valence-corrected chi connectivity index (χ2v) is 8.12. The van der Waals surface area contributed by atoms with Gasteiger partial charge in [-0.15, -0.1) is 0 Å². The third-order valence-electron chi connectivity index (χ3n) is 6.10. The molecule has 1 unspecified atom stereocenters. The molecule has 4 heterocycles. The maximum atomic E-state index is 13.3. The average Bonchev–Trinajstić information content (AvgIpc) is 3.30. The molecule has 5 rings (SSSR count). The lowest BCUT2D eigenvalue weighted by atomic mass is 9.90. The van der Waals surface area contributed by atoms with Crippen molar-refractivity contribution in [1.29, 1.82) is 0 Å². The van der Waals surface area contributed by atoms with E-state index >= 15 is 0 Å². The van der Waals surface area contributed by atoms with Crippen molar-refractivity contribution in [3.8, 4) is 11.1 Å². The molecule has 1 aliphatic heterocycles. The van der Waals surface area contributed by atoms with Crippen molar-refractivity contribution in [2.24, 2.45) is 0 Å². The zero-order valence-electron chi connectivity index (χ0n) is 17.7. The van der Waals surface area contributed by atoms with Gasteiger partial charge in [-0.1, -0.05) is 0 Å². The highest BCUT2D eigenvalue weighted by atomic mass is 16.2. The molecule has 1 fully saturated rings. The smallest absolute Gasteiger partial charge is 0.253 e. The predicted octanol–water partition coefficient (Wildman–Crippen LogP) is 4.05. The molecule has 7 nitrogen and oxygen atoms in total. The molecule has 0 bridgehead atoms. The van der Waals surface area contributed by atoms with Crippen LogP contribution in [0.2, 0.25) is 0 Å². The summed E-state index contributed by atoms with van der Waals surface area (Å²) in [6.07, 6.45) is 7.41. The Kier molecular flexibility index (Phi) is 4.94. The number of benzene rings is 1. The zero-order chi connectivity index (χ0) is 21.4. The van der Waals surface area contributed by atoms with E-state index in [9.17, 15) is 4.79 Å². The first-order valence-corrected chi connectivity index (χ1v) is 10.6. The SMILES string of the molecule is Cc1nc2ccc(C(=O)N3CCCC(c4[nH]ncc4-c4ccncc4)C3)cc2nc1C. The van der Waals surface area contributed by atoms with Gasteiger partial charge in [0, 0.05) is 48.2 Å². The summed E-state index contributed by atoms with van der Waals surface area (Å²) in [4.78, 5) is 28.5. The van der Waals surface area contributed by atoms with Crippen LogP contribution in [0.15, 0.2) is 48.9 Å². The normalized spacial score (nSPS) is 16.6. The van der Waals surface area contributed by atoms with Gasteiger partial charge < -0.3 is 4.90 Å². The summed E-state index contributed by atoms with van der Waals surface area (Å²) in [7, 11) is 0. The number of carbonyl (C=O) groups is 1. The van der Waals surface area contributed by atoms with Crippen LogP contribution < -0.4 is 0 Å². The molecule has 1 aromatic carbocycles. The molecule has 0 aliphatic carbocycles. The Morgan fingerprint density at radius 2 is 1.84 bits per heavy atom. The van der Waals surface area contributed by atoms with Gasteiger partial charge in [0.05, 0.1) is 28.6 Å². The Balaban J connectivity index is 1.40. The van der Waals surface area contributed by atoms with Gasteiger partial charge in [0.15, 0.2) is 0 Å². The zero-order valence-corrected chi connectivity index (χ0v) is 17.7. The number of rotatable bonds is 3. The summed E-state index contributed by atoms with van der Waals surface area (Å²) in [5, 5.41) is 7.47. The van der Waals surface area contributed by atoms with E-state index in [-0.39, 0.29) is 11.8 Å². The van der Waals surface area contributed by atoms with Crippen LogP contribution in [0.4, 0.5) is 0 Å². The van der Waals surface area contributed by atoms with E-state index in [2.05, 4.69) is 25.1 Å². The fourth-order valence-corrected chi connectivity index (χ4v) is 4.31. The monoisotopic (exact) mass is 412 g/mol. The molecule has 0 saturated carbocycles. The summed E-state index contributed by atoms with van der Waals surface area (Å²) in [6.45, 7) is 5.31. The van der Waals surface area contributed by atoms with E-state index in [4.69, 9.17) is 0 Å². The van der Waals surface area contributed by atoms with Crippen LogP contribution in [0.3, 0.4) is 0 Å². The molecular weight excluding hydrogens is 388 g/mol. The van der Waals surface area contributed by atoms with Gasteiger partial charge >= 0.3 is 0 Å². The second-order valence-electron chi connectivity index (χ2n) is 8.12. The van der Waals surface area contributed by atoms with Crippen LogP contribution in [0.25, 0.3) is 22.2 Å². The van der Waals surface area contributed by atoms with Crippen LogP contribution in [-0.4, -0.2) is 49.0 Å². The van der Waals surface area contributed by atoms with Gasteiger partial charge in [0.1, 0.15) is 0 Å². The van der Waals surface area contributed by atoms with Crippen LogP contribution in [0.1, 0.15) is 46.2 Å². The van der Waals surface area contributed by atoms with Gasteiger partial charge in [0.25, 0.3) is 5.91 Å². The Morgan fingerprint density at radius 1 is 1.06 bits per heavy atom. The number of nitrogens with one attached hydrogen (secondary N) is 1. The first kappa shape index (κ1) is 19.4. The highest BCUT2D eigenvalue weighted by molar-refractivity contribution is 5.97. The van der Waals surface area contributed by atoms with E-state index in [0.29, 0.717) is 12.1 Å². The topological polar surface area (TPSA) is 87.7 Å². The Labute approximate surface area is 180 Å². The molecule has 1 amide bonds. The van der Waals surface area contributed by atoms with E-state index < -0.39 is 0 Å². The van der Waals surface area contributed by atoms with E-state index in [1.54, 1.807) is 12.4 Å². The summed E-state index contributed by atoms with van der Waals surface area (Å²) in [5.41, 5.74) is 7.28.